The smallest absolute Gasteiger partial charge is 0.0708 e. The molecule has 1 heterocycles. The fraction of sp³-hybridized carbons (Fsp3) is 0.179. The lowest BCUT2D eigenvalue weighted by molar-refractivity contribution is 1.29. The Bertz CT molecular complexity index is 1180. The van der Waals surface area contributed by atoms with Gasteiger partial charge in [0.25, 0.3) is 0 Å². The van der Waals surface area contributed by atoms with E-state index in [1.165, 1.54) is 50.1 Å². The van der Waals surface area contributed by atoms with E-state index in [9.17, 15) is 0 Å². The third-order valence-electron chi connectivity index (χ3n) is 5.69. The van der Waals surface area contributed by atoms with Crippen molar-refractivity contribution in [3.63, 3.8) is 0 Å². The van der Waals surface area contributed by atoms with Gasteiger partial charge >= 0.3 is 0 Å². The van der Waals surface area contributed by atoms with Gasteiger partial charge in [0.2, 0.25) is 0 Å². The Morgan fingerprint density at radius 2 is 1.24 bits per heavy atom. The Hall–Kier alpha value is -3.19. The molecule has 0 atom stereocenters. The summed E-state index contributed by atoms with van der Waals surface area (Å²) in [6.07, 6.45) is 1.93. The van der Waals surface area contributed by atoms with Crippen LogP contribution in [0.1, 0.15) is 27.8 Å². The fourth-order valence-corrected chi connectivity index (χ4v) is 4.33. The molecule has 0 radical (unpaired) electrons. The summed E-state index contributed by atoms with van der Waals surface area (Å²) in [5, 5.41) is 0. The first-order valence-electron chi connectivity index (χ1n) is 10.2. The lowest BCUT2D eigenvalue weighted by atomic mass is 9.92. The van der Waals surface area contributed by atoms with Gasteiger partial charge in [-0.1, -0.05) is 54.1 Å². The minimum absolute atomic E-state index is 1.01. The summed E-state index contributed by atoms with van der Waals surface area (Å²) in [5.74, 6) is 0. The first kappa shape index (κ1) is 19.1. The van der Waals surface area contributed by atoms with E-state index < -0.39 is 0 Å². The molecule has 1 nitrogen and oxygen atoms in total. The number of hydrogen-bond acceptors (Lipinski definition) is 1. The molecule has 4 rings (SSSR count). The summed E-state index contributed by atoms with van der Waals surface area (Å²) in [6.45, 7) is 10.9. The summed E-state index contributed by atoms with van der Waals surface area (Å²) < 4.78 is 0. The van der Waals surface area contributed by atoms with E-state index in [0.717, 1.165) is 11.3 Å². The maximum Gasteiger partial charge on any atom is 0.0708 e. The zero-order chi connectivity index (χ0) is 20.5. The van der Waals surface area contributed by atoms with Crippen molar-refractivity contribution < 1.29 is 0 Å². The topological polar surface area (TPSA) is 12.9 Å². The van der Waals surface area contributed by atoms with Crippen LogP contribution in [-0.4, -0.2) is 4.98 Å². The first-order chi connectivity index (χ1) is 13.9. The van der Waals surface area contributed by atoms with Crippen LogP contribution in [0.4, 0.5) is 0 Å². The maximum atomic E-state index is 4.70. The van der Waals surface area contributed by atoms with Crippen LogP contribution in [0.3, 0.4) is 0 Å². The van der Waals surface area contributed by atoms with E-state index >= 15 is 0 Å². The third kappa shape index (κ3) is 3.73. The molecule has 144 valence electrons. The normalized spacial score (nSPS) is 10.9. The monoisotopic (exact) mass is 377 g/mol. The number of hydrogen-bond donors (Lipinski definition) is 0. The quantitative estimate of drug-likeness (QED) is 0.358. The molecule has 0 amide bonds. The van der Waals surface area contributed by atoms with Crippen molar-refractivity contribution in [2.24, 2.45) is 0 Å². The lowest BCUT2D eigenvalue weighted by Crippen LogP contribution is -1.93. The van der Waals surface area contributed by atoms with Crippen LogP contribution in [0.25, 0.3) is 33.5 Å². The van der Waals surface area contributed by atoms with Gasteiger partial charge in [-0.15, -0.1) is 0 Å². The summed E-state index contributed by atoms with van der Waals surface area (Å²) in [4.78, 5) is 4.70. The molecule has 0 spiro atoms. The molecular formula is C28H27N. The van der Waals surface area contributed by atoms with Crippen LogP contribution < -0.4 is 0 Å². The number of aryl methyl sites for hydroxylation is 5. The highest BCUT2D eigenvalue weighted by Crippen LogP contribution is 2.33. The number of rotatable bonds is 3. The molecule has 1 heteroatoms. The number of benzene rings is 3. The number of pyridine rings is 1. The fourth-order valence-electron chi connectivity index (χ4n) is 4.33. The van der Waals surface area contributed by atoms with E-state index in [4.69, 9.17) is 4.98 Å². The van der Waals surface area contributed by atoms with Crippen LogP contribution in [0.15, 0.2) is 72.9 Å². The van der Waals surface area contributed by atoms with E-state index in [1.807, 2.05) is 6.20 Å². The average molecular weight is 378 g/mol. The number of aromatic nitrogens is 1. The minimum atomic E-state index is 1.01. The second-order valence-corrected chi connectivity index (χ2v) is 8.05. The Balaban J connectivity index is 1.83. The van der Waals surface area contributed by atoms with Gasteiger partial charge in [-0.3, -0.25) is 4.98 Å². The highest BCUT2D eigenvalue weighted by Gasteiger charge is 2.11. The highest BCUT2D eigenvalue weighted by atomic mass is 14.7. The molecule has 0 aliphatic heterocycles. The second kappa shape index (κ2) is 7.67. The van der Waals surface area contributed by atoms with Gasteiger partial charge in [0, 0.05) is 11.8 Å². The van der Waals surface area contributed by atoms with Gasteiger partial charge in [-0.2, -0.15) is 0 Å². The van der Waals surface area contributed by atoms with E-state index in [1.54, 1.807) is 0 Å². The molecular weight excluding hydrogens is 350 g/mol. The molecule has 1 aromatic heterocycles. The van der Waals surface area contributed by atoms with E-state index in [2.05, 4.69) is 101 Å². The van der Waals surface area contributed by atoms with Gasteiger partial charge in [0.1, 0.15) is 0 Å². The molecule has 0 bridgehead atoms. The minimum Gasteiger partial charge on any atom is -0.256 e. The Morgan fingerprint density at radius 1 is 0.552 bits per heavy atom. The maximum absolute atomic E-state index is 4.70. The Kier molecular flexibility index (Phi) is 5.07. The van der Waals surface area contributed by atoms with Gasteiger partial charge in [0.15, 0.2) is 0 Å². The molecule has 0 aliphatic carbocycles. The van der Waals surface area contributed by atoms with Crippen LogP contribution in [0.2, 0.25) is 0 Å². The van der Waals surface area contributed by atoms with E-state index in [-0.39, 0.29) is 0 Å². The highest BCUT2D eigenvalue weighted by molar-refractivity contribution is 5.79. The van der Waals surface area contributed by atoms with Crippen LogP contribution in [-0.2, 0) is 0 Å². The van der Waals surface area contributed by atoms with Crippen molar-refractivity contribution in [2.45, 2.75) is 34.6 Å². The molecule has 0 saturated heterocycles. The van der Waals surface area contributed by atoms with Crippen molar-refractivity contribution in [1.82, 2.24) is 4.98 Å². The molecule has 0 fully saturated rings. The Morgan fingerprint density at radius 3 is 1.97 bits per heavy atom. The standard InChI is InChI=1S/C28H27N/c1-18-14-21(4)28(22(5)15-18)24-12-13-29-27(17-24)23-11-10-20(3)26(16-23)25-9-7-6-8-19(25)2/h6-17H,1-5H3. The third-order valence-corrected chi connectivity index (χ3v) is 5.69. The van der Waals surface area contributed by atoms with Gasteiger partial charge in [0.05, 0.1) is 5.69 Å². The molecule has 0 unspecified atom stereocenters. The summed E-state index contributed by atoms with van der Waals surface area (Å²) in [5.41, 5.74) is 13.8. The summed E-state index contributed by atoms with van der Waals surface area (Å²) in [6, 6.07) is 24.1. The Labute approximate surface area is 174 Å². The van der Waals surface area contributed by atoms with Crippen LogP contribution in [0.5, 0.6) is 0 Å². The molecule has 0 aliphatic rings. The van der Waals surface area contributed by atoms with Crippen molar-refractivity contribution in [1.29, 1.82) is 0 Å². The van der Waals surface area contributed by atoms with Gasteiger partial charge in [-0.05, 0) is 97.3 Å². The predicted molar refractivity (Wildman–Crippen MR) is 124 cm³/mol. The zero-order valence-corrected chi connectivity index (χ0v) is 17.9. The lowest BCUT2D eigenvalue weighted by Gasteiger charge is -2.14. The summed E-state index contributed by atoms with van der Waals surface area (Å²) >= 11 is 0. The molecule has 0 N–H and O–H groups in total. The SMILES string of the molecule is Cc1cc(C)c(-c2ccnc(-c3ccc(C)c(-c4ccccc4C)c3)c2)c(C)c1. The molecule has 3 aromatic carbocycles. The van der Waals surface area contributed by atoms with Crippen LogP contribution in [0, 0.1) is 34.6 Å². The largest absolute Gasteiger partial charge is 0.256 e. The summed E-state index contributed by atoms with van der Waals surface area (Å²) in [7, 11) is 0. The molecule has 4 aromatic rings. The van der Waals surface area contributed by atoms with Crippen LogP contribution >= 0.6 is 0 Å². The van der Waals surface area contributed by atoms with Crippen molar-refractivity contribution in [3.8, 4) is 33.5 Å². The van der Waals surface area contributed by atoms with Gasteiger partial charge < -0.3 is 0 Å². The van der Waals surface area contributed by atoms with Gasteiger partial charge in [-0.25, -0.2) is 0 Å². The van der Waals surface area contributed by atoms with Crippen molar-refractivity contribution in [2.75, 3.05) is 0 Å². The predicted octanol–water partition coefficient (Wildman–Crippen LogP) is 7.62. The first-order valence-corrected chi connectivity index (χ1v) is 10.2. The molecule has 29 heavy (non-hydrogen) atoms. The number of nitrogens with zero attached hydrogens (tertiary/aromatic N) is 1. The molecule has 0 saturated carbocycles. The average Bonchev–Trinajstić information content (AvgIpc) is 2.68. The van der Waals surface area contributed by atoms with Crippen molar-refractivity contribution in [3.05, 3.63) is 101 Å². The van der Waals surface area contributed by atoms with E-state index in [0.29, 0.717) is 0 Å². The zero-order valence-electron chi connectivity index (χ0n) is 17.9. The van der Waals surface area contributed by atoms with Crippen molar-refractivity contribution >= 4 is 0 Å². The second-order valence-electron chi connectivity index (χ2n) is 8.05.